The van der Waals surface area contributed by atoms with Gasteiger partial charge in [0.15, 0.2) is 0 Å². The molecule has 0 spiro atoms. The predicted octanol–water partition coefficient (Wildman–Crippen LogP) is 2.68. The second kappa shape index (κ2) is 8.02. The highest BCUT2D eigenvalue weighted by molar-refractivity contribution is 5.90. The van der Waals surface area contributed by atoms with E-state index >= 15 is 0 Å². The van der Waals surface area contributed by atoms with Gasteiger partial charge in [0.25, 0.3) is 0 Å². The highest BCUT2D eigenvalue weighted by Crippen LogP contribution is 2.24. The first-order valence-electron chi connectivity index (χ1n) is 7.44. The SMILES string of the molecule is NCc1cccc(NC(=O)CCOCC2CCCC2)c1. The summed E-state index contributed by atoms with van der Waals surface area (Å²) in [4.78, 5) is 11.8. The minimum absolute atomic E-state index is 0.00871. The van der Waals surface area contributed by atoms with Gasteiger partial charge in [0.1, 0.15) is 0 Å². The van der Waals surface area contributed by atoms with Crippen LogP contribution in [0.4, 0.5) is 5.69 Å². The van der Waals surface area contributed by atoms with Crippen molar-refractivity contribution in [3.8, 4) is 0 Å². The van der Waals surface area contributed by atoms with Crippen LogP contribution in [0.25, 0.3) is 0 Å². The molecule has 0 atom stereocenters. The molecule has 0 radical (unpaired) electrons. The highest BCUT2D eigenvalue weighted by Gasteiger charge is 2.14. The Kier molecular flexibility index (Phi) is 6.02. The highest BCUT2D eigenvalue weighted by atomic mass is 16.5. The number of carbonyl (C=O) groups is 1. The minimum Gasteiger partial charge on any atom is -0.381 e. The van der Waals surface area contributed by atoms with Crippen molar-refractivity contribution in [2.75, 3.05) is 18.5 Å². The summed E-state index contributed by atoms with van der Waals surface area (Å²) in [5.74, 6) is 0.699. The summed E-state index contributed by atoms with van der Waals surface area (Å²) >= 11 is 0. The van der Waals surface area contributed by atoms with Gasteiger partial charge in [0.05, 0.1) is 13.0 Å². The third-order valence-corrected chi connectivity index (χ3v) is 3.75. The summed E-state index contributed by atoms with van der Waals surface area (Å²) in [5.41, 5.74) is 7.39. The Balaban J connectivity index is 1.64. The monoisotopic (exact) mass is 276 g/mol. The molecule has 0 unspecified atom stereocenters. The number of hydrogen-bond acceptors (Lipinski definition) is 3. The normalized spacial score (nSPS) is 15.4. The van der Waals surface area contributed by atoms with Crippen molar-refractivity contribution in [1.29, 1.82) is 0 Å². The average Bonchev–Trinajstić information content (AvgIpc) is 2.97. The summed E-state index contributed by atoms with van der Waals surface area (Å²) < 4.78 is 5.59. The zero-order valence-electron chi connectivity index (χ0n) is 11.9. The quantitative estimate of drug-likeness (QED) is 0.753. The molecule has 0 aromatic heterocycles. The molecule has 1 amide bonds. The van der Waals surface area contributed by atoms with Gasteiger partial charge in [-0.05, 0) is 36.5 Å². The van der Waals surface area contributed by atoms with Gasteiger partial charge >= 0.3 is 0 Å². The van der Waals surface area contributed by atoms with Crippen LogP contribution in [-0.2, 0) is 16.1 Å². The number of benzene rings is 1. The Hall–Kier alpha value is -1.39. The van der Waals surface area contributed by atoms with Crippen LogP contribution in [0.1, 0.15) is 37.7 Å². The van der Waals surface area contributed by atoms with Crippen molar-refractivity contribution in [3.05, 3.63) is 29.8 Å². The fourth-order valence-electron chi connectivity index (χ4n) is 2.59. The van der Waals surface area contributed by atoms with E-state index in [1.54, 1.807) is 0 Å². The number of amides is 1. The molecule has 1 fully saturated rings. The van der Waals surface area contributed by atoms with Gasteiger partial charge in [-0.1, -0.05) is 25.0 Å². The first-order chi connectivity index (χ1) is 9.78. The van der Waals surface area contributed by atoms with E-state index in [0.29, 0.717) is 25.5 Å². The number of anilines is 1. The van der Waals surface area contributed by atoms with Gasteiger partial charge in [0, 0.05) is 18.8 Å². The zero-order valence-corrected chi connectivity index (χ0v) is 11.9. The largest absolute Gasteiger partial charge is 0.381 e. The zero-order chi connectivity index (χ0) is 14.2. The Morgan fingerprint density at radius 2 is 2.15 bits per heavy atom. The van der Waals surface area contributed by atoms with Crippen LogP contribution in [0.15, 0.2) is 24.3 Å². The van der Waals surface area contributed by atoms with E-state index in [1.165, 1.54) is 25.7 Å². The molecule has 20 heavy (non-hydrogen) atoms. The van der Waals surface area contributed by atoms with Crippen LogP contribution in [0.5, 0.6) is 0 Å². The third kappa shape index (κ3) is 4.94. The van der Waals surface area contributed by atoms with E-state index in [0.717, 1.165) is 17.9 Å². The van der Waals surface area contributed by atoms with Crippen molar-refractivity contribution in [2.45, 2.75) is 38.6 Å². The standard InChI is InChI=1S/C16H24N2O2/c17-11-14-6-3-7-15(10-14)18-16(19)8-9-20-12-13-4-1-2-5-13/h3,6-7,10,13H,1-2,4-5,8-9,11-12,17H2,(H,18,19). The lowest BCUT2D eigenvalue weighted by Gasteiger charge is -2.10. The summed E-state index contributed by atoms with van der Waals surface area (Å²) in [7, 11) is 0. The molecule has 1 aliphatic carbocycles. The van der Waals surface area contributed by atoms with E-state index in [4.69, 9.17) is 10.5 Å². The van der Waals surface area contributed by atoms with E-state index in [1.807, 2.05) is 24.3 Å². The van der Waals surface area contributed by atoms with Gasteiger partial charge in [-0.2, -0.15) is 0 Å². The summed E-state index contributed by atoms with van der Waals surface area (Å²) in [6.07, 6.45) is 5.60. The lowest BCUT2D eigenvalue weighted by atomic mass is 10.1. The smallest absolute Gasteiger partial charge is 0.226 e. The van der Waals surface area contributed by atoms with E-state index in [9.17, 15) is 4.79 Å². The Morgan fingerprint density at radius 3 is 2.90 bits per heavy atom. The lowest BCUT2D eigenvalue weighted by molar-refractivity contribution is -0.117. The first kappa shape index (κ1) is 15.0. The molecule has 1 aliphatic rings. The van der Waals surface area contributed by atoms with Crippen molar-refractivity contribution in [2.24, 2.45) is 11.7 Å². The van der Waals surface area contributed by atoms with E-state index < -0.39 is 0 Å². The van der Waals surface area contributed by atoms with E-state index in [2.05, 4.69) is 5.32 Å². The summed E-state index contributed by atoms with van der Waals surface area (Å²) in [6, 6.07) is 7.61. The molecule has 0 saturated heterocycles. The summed E-state index contributed by atoms with van der Waals surface area (Å²) in [6.45, 7) is 1.78. The molecule has 0 aliphatic heterocycles. The van der Waals surface area contributed by atoms with Gasteiger partial charge < -0.3 is 15.8 Å². The number of rotatable bonds is 7. The topological polar surface area (TPSA) is 64.3 Å². The van der Waals surface area contributed by atoms with Crippen LogP contribution >= 0.6 is 0 Å². The van der Waals surface area contributed by atoms with Crippen molar-refractivity contribution in [3.63, 3.8) is 0 Å². The molecule has 4 nitrogen and oxygen atoms in total. The molecule has 0 bridgehead atoms. The molecule has 1 aromatic carbocycles. The van der Waals surface area contributed by atoms with Crippen LogP contribution in [0.3, 0.4) is 0 Å². The first-order valence-corrected chi connectivity index (χ1v) is 7.44. The van der Waals surface area contributed by atoms with Crippen molar-refractivity contribution in [1.82, 2.24) is 0 Å². The number of nitrogens with one attached hydrogen (secondary N) is 1. The molecule has 4 heteroatoms. The molecule has 1 aromatic rings. The molecule has 3 N–H and O–H groups in total. The lowest BCUT2D eigenvalue weighted by Crippen LogP contribution is -2.16. The molecular weight excluding hydrogens is 252 g/mol. The number of nitrogens with two attached hydrogens (primary N) is 1. The second-order valence-electron chi connectivity index (χ2n) is 5.43. The number of ether oxygens (including phenoxy) is 1. The van der Waals surface area contributed by atoms with Crippen LogP contribution < -0.4 is 11.1 Å². The molecule has 2 rings (SSSR count). The van der Waals surface area contributed by atoms with Gasteiger partial charge in [0.2, 0.25) is 5.91 Å². The van der Waals surface area contributed by atoms with Gasteiger partial charge in [-0.15, -0.1) is 0 Å². The summed E-state index contributed by atoms with van der Waals surface area (Å²) in [5, 5.41) is 2.87. The van der Waals surface area contributed by atoms with Crippen LogP contribution in [0.2, 0.25) is 0 Å². The minimum atomic E-state index is -0.00871. The van der Waals surface area contributed by atoms with E-state index in [-0.39, 0.29) is 5.91 Å². The Labute approximate surface area is 120 Å². The van der Waals surface area contributed by atoms with Crippen LogP contribution in [-0.4, -0.2) is 19.1 Å². The van der Waals surface area contributed by atoms with Crippen molar-refractivity contribution < 1.29 is 9.53 Å². The molecule has 110 valence electrons. The predicted molar refractivity (Wildman–Crippen MR) is 80.4 cm³/mol. The number of hydrogen-bond donors (Lipinski definition) is 2. The fourth-order valence-corrected chi connectivity index (χ4v) is 2.59. The van der Waals surface area contributed by atoms with Crippen molar-refractivity contribution >= 4 is 11.6 Å². The van der Waals surface area contributed by atoms with Crippen LogP contribution in [0, 0.1) is 5.92 Å². The maximum absolute atomic E-state index is 11.8. The fraction of sp³-hybridized carbons (Fsp3) is 0.562. The average molecular weight is 276 g/mol. The number of carbonyl (C=O) groups excluding carboxylic acids is 1. The Morgan fingerprint density at radius 1 is 1.35 bits per heavy atom. The Bertz CT molecular complexity index is 428. The van der Waals surface area contributed by atoms with Gasteiger partial charge in [-0.3, -0.25) is 4.79 Å². The molecule has 0 heterocycles. The third-order valence-electron chi connectivity index (χ3n) is 3.75. The molecule has 1 saturated carbocycles. The maximum Gasteiger partial charge on any atom is 0.226 e. The second-order valence-corrected chi connectivity index (χ2v) is 5.43. The maximum atomic E-state index is 11.8. The molecular formula is C16H24N2O2. The van der Waals surface area contributed by atoms with Gasteiger partial charge in [-0.25, -0.2) is 0 Å².